The molecule has 3 aromatic rings. The van der Waals surface area contributed by atoms with Crippen LogP contribution in [-0.4, -0.2) is 52.3 Å². The van der Waals surface area contributed by atoms with Gasteiger partial charge >= 0.3 is 11.7 Å². The van der Waals surface area contributed by atoms with Crippen LogP contribution in [0.4, 0.5) is 17.6 Å². The van der Waals surface area contributed by atoms with Crippen molar-refractivity contribution in [2.45, 2.75) is 13.0 Å². The van der Waals surface area contributed by atoms with Gasteiger partial charge in [-0.25, -0.2) is 9.59 Å². The third-order valence-corrected chi connectivity index (χ3v) is 4.51. The second kappa shape index (κ2) is 12.2. The van der Waals surface area contributed by atoms with Crippen LogP contribution >= 0.6 is 0 Å². The van der Waals surface area contributed by atoms with E-state index in [0.29, 0.717) is 25.4 Å². The van der Waals surface area contributed by atoms with E-state index in [2.05, 4.69) is 30.9 Å². The number of nitrogens with zero attached hydrogens (tertiary/aromatic N) is 2. The Bertz CT molecular complexity index is 1090. The van der Waals surface area contributed by atoms with Gasteiger partial charge in [0.25, 0.3) is 0 Å². The van der Waals surface area contributed by atoms with Gasteiger partial charge in [0.1, 0.15) is 5.75 Å². The van der Waals surface area contributed by atoms with E-state index in [1.165, 1.54) is 12.1 Å². The molecule has 0 spiro atoms. The van der Waals surface area contributed by atoms with Crippen molar-refractivity contribution in [3.05, 3.63) is 70.1 Å². The van der Waals surface area contributed by atoms with Crippen LogP contribution in [-0.2, 0) is 6.54 Å². The van der Waals surface area contributed by atoms with Crippen LogP contribution in [0.15, 0.2) is 53.3 Å². The van der Waals surface area contributed by atoms with E-state index in [4.69, 9.17) is 15.6 Å². The van der Waals surface area contributed by atoms with Crippen LogP contribution in [0.2, 0.25) is 0 Å². The molecule has 0 aliphatic heterocycles. The summed E-state index contributed by atoms with van der Waals surface area (Å²) in [5.41, 5.74) is 6.56. The van der Waals surface area contributed by atoms with E-state index in [-0.39, 0.29) is 17.5 Å². The van der Waals surface area contributed by atoms with Gasteiger partial charge in [0.05, 0.1) is 12.2 Å². The van der Waals surface area contributed by atoms with Gasteiger partial charge in [-0.15, -0.1) is 0 Å². The summed E-state index contributed by atoms with van der Waals surface area (Å²) in [6, 6.07) is 13.7. The molecule has 11 nitrogen and oxygen atoms in total. The molecule has 0 saturated carbocycles. The van der Waals surface area contributed by atoms with E-state index >= 15 is 0 Å². The van der Waals surface area contributed by atoms with Gasteiger partial charge in [0.2, 0.25) is 11.9 Å². The van der Waals surface area contributed by atoms with Gasteiger partial charge in [0.15, 0.2) is 0 Å². The Morgan fingerprint density at radius 3 is 2.52 bits per heavy atom. The molecule has 11 heteroatoms. The van der Waals surface area contributed by atoms with Crippen molar-refractivity contribution >= 4 is 23.6 Å². The SMILES string of the molecule is NCCNCCCOc1ccc(CNc2nc(Nc3ccc(C(=O)O)cc3)[nH]c(=O)n2)cc1. The predicted molar refractivity (Wildman–Crippen MR) is 125 cm³/mol. The highest BCUT2D eigenvalue weighted by atomic mass is 16.5. The van der Waals surface area contributed by atoms with Crippen molar-refractivity contribution in [2.75, 3.05) is 36.9 Å². The Morgan fingerprint density at radius 2 is 1.82 bits per heavy atom. The van der Waals surface area contributed by atoms with Gasteiger partial charge in [-0.2, -0.15) is 9.97 Å². The number of carboxylic acids is 1. The summed E-state index contributed by atoms with van der Waals surface area (Å²) in [4.78, 5) is 33.4. The number of ether oxygens (including phenoxy) is 1. The Balaban J connectivity index is 1.51. The maximum absolute atomic E-state index is 11.9. The largest absolute Gasteiger partial charge is 0.494 e. The number of nitrogens with one attached hydrogen (secondary N) is 4. The number of rotatable bonds is 13. The number of hydrogen-bond acceptors (Lipinski definition) is 9. The molecule has 3 rings (SSSR count). The Labute approximate surface area is 190 Å². The first kappa shape index (κ1) is 23.7. The average molecular weight is 454 g/mol. The maximum atomic E-state index is 11.9. The number of hydrogen-bond donors (Lipinski definition) is 6. The minimum absolute atomic E-state index is 0.161. The number of nitrogens with two attached hydrogens (primary N) is 1. The number of carbonyl (C=O) groups is 1. The molecule has 2 aromatic carbocycles. The summed E-state index contributed by atoms with van der Waals surface area (Å²) in [6.45, 7) is 3.32. The molecule has 1 aromatic heterocycles. The zero-order valence-corrected chi connectivity index (χ0v) is 18.0. The van der Waals surface area contributed by atoms with Crippen LogP contribution in [0.3, 0.4) is 0 Å². The molecule has 0 unspecified atom stereocenters. The van der Waals surface area contributed by atoms with Crippen molar-refractivity contribution in [3.8, 4) is 5.75 Å². The zero-order chi connectivity index (χ0) is 23.5. The summed E-state index contributed by atoms with van der Waals surface area (Å²) in [5, 5.41) is 18.1. The second-order valence-electron chi connectivity index (χ2n) is 7.07. The lowest BCUT2D eigenvalue weighted by molar-refractivity contribution is 0.0697. The van der Waals surface area contributed by atoms with E-state index < -0.39 is 11.7 Å². The molecule has 174 valence electrons. The molecular formula is C22H27N7O4. The number of aromatic amines is 1. The van der Waals surface area contributed by atoms with Crippen LogP contribution < -0.4 is 32.1 Å². The Hall–Kier alpha value is -3.96. The second-order valence-corrected chi connectivity index (χ2v) is 7.07. The number of benzene rings is 2. The molecule has 0 fully saturated rings. The molecule has 0 radical (unpaired) electrons. The minimum Gasteiger partial charge on any atom is -0.494 e. The van der Waals surface area contributed by atoms with Crippen molar-refractivity contribution in [1.29, 1.82) is 0 Å². The van der Waals surface area contributed by atoms with Crippen molar-refractivity contribution in [3.63, 3.8) is 0 Å². The predicted octanol–water partition coefficient (Wildman–Crippen LogP) is 1.54. The molecule has 7 N–H and O–H groups in total. The highest BCUT2D eigenvalue weighted by Crippen LogP contribution is 2.15. The third kappa shape index (κ3) is 7.91. The van der Waals surface area contributed by atoms with Crippen LogP contribution in [0, 0.1) is 0 Å². The normalized spacial score (nSPS) is 10.6. The number of H-pyrrole nitrogens is 1. The van der Waals surface area contributed by atoms with Crippen LogP contribution in [0.25, 0.3) is 0 Å². The van der Waals surface area contributed by atoms with E-state index in [1.807, 2.05) is 24.3 Å². The first-order chi connectivity index (χ1) is 16.0. The lowest BCUT2D eigenvalue weighted by Gasteiger charge is -2.09. The average Bonchev–Trinajstić information content (AvgIpc) is 2.81. The fourth-order valence-corrected chi connectivity index (χ4v) is 2.85. The molecule has 1 heterocycles. The Kier molecular flexibility index (Phi) is 8.74. The molecule has 0 atom stereocenters. The molecule has 0 bridgehead atoms. The first-order valence-corrected chi connectivity index (χ1v) is 10.5. The lowest BCUT2D eigenvalue weighted by atomic mass is 10.2. The maximum Gasteiger partial charge on any atom is 0.351 e. The molecule has 0 aliphatic carbocycles. The minimum atomic E-state index is -1.02. The molecule has 33 heavy (non-hydrogen) atoms. The highest BCUT2D eigenvalue weighted by molar-refractivity contribution is 5.88. The van der Waals surface area contributed by atoms with Crippen LogP contribution in [0.1, 0.15) is 22.3 Å². The first-order valence-electron chi connectivity index (χ1n) is 10.5. The topological polar surface area (TPSA) is 167 Å². The lowest BCUT2D eigenvalue weighted by Crippen LogP contribution is -2.24. The summed E-state index contributed by atoms with van der Waals surface area (Å²) in [7, 11) is 0. The van der Waals surface area contributed by atoms with Gasteiger partial charge in [-0.3, -0.25) is 4.98 Å². The zero-order valence-electron chi connectivity index (χ0n) is 18.0. The monoisotopic (exact) mass is 453 g/mol. The number of anilines is 3. The van der Waals surface area contributed by atoms with E-state index in [0.717, 1.165) is 30.8 Å². The van der Waals surface area contributed by atoms with Gasteiger partial charge in [-0.1, -0.05) is 12.1 Å². The molecule has 0 amide bonds. The number of aromatic carboxylic acids is 1. The molecular weight excluding hydrogens is 426 g/mol. The fraction of sp³-hybridized carbons (Fsp3) is 0.273. The van der Waals surface area contributed by atoms with Crippen molar-refractivity contribution < 1.29 is 14.6 Å². The Morgan fingerprint density at radius 1 is 1.06 bits per heavy atom. The third-order valence-electron chi connectivity index (χ3n) is 4.51. The standard InChI is InChI=1S/C22H27N7O4/c23-10-12-24-11-1-13-33-18-8-2-15(3-9-18)14-25-20-27-21(29-22(32)28-20)26-17-6-4-16(5-7-17)19(30)31/h2-9,24H,1,10-14,23H2,(H,30,31)(H3,25,26,27,28,29,32). The van der Waals surface area contributed by atoms with Gasteiger partial charge in [0, 0.05) is 25.3 Å². The number of aromatic nitrogens is 3. The van der Waals surface area contributed by atoms with E-state index in [1.54, 1.807) is 12.1 Å². The smallest absolute Gasteiger partial charge is 0.351 e. The molecule has 0 aliphatic rings. The summed E-state index contributed by atoms with van der Waals surface area (Å²) in [5.74, 6) is 0.114. The van der Waals surface area contributed by atoms with Crippen molar-refractivity contribution in [1.82, 2.24) is 20.3 Å². The highest BCUT2D eigenvalue weighted by Gasteiger charge is 2.06. The molecule has 0 saturated heterocycles. The number of carboxylic acid groups (broad SMARTS) is 1. The summed E-state index contributed by atoms with van der Waals surface area (Å²) >= 11 is 0. The summed E-state index contributed by atoms with van der Waals surface area (Å²) in [6.07, 6.45) is 0.892. The summed E-state index contributed by atoms with van der Waals surface area (Å²) < 4.78 is 5.71. The fourth-order valence-electron chi connectivity index (χ4n) is 2.85. The van der Waals surface area contributed by atoms with E-state index in [9.17, 15) is 9.59 Å². The van der Waals surface area contributed by atoms with Gasteiger partial charge in [-0.05, 0) is 54.9 Å². The van der Waals surface area contributed by atoms with Crippen molar-refractivity contribution in [2.24, 2.45) is 5.73 Å². The van der Waals surface area contributed by atoms with Gasteiger partial charge < -0.3 is 31.5 Å². The van der Waals surface area contributed by atoms with Crippen LogP contribution in [0.5, 0.6) is 5.75 Å². The quantitative estimate of drug-likeness (QED) is 0.209.